The molecule has 17 heavy (non-hydrogen) atoms. The minimum absolute atomic E-state index is 0.0970. The van der Waals surface area contributed by atoms with E-state index in [1.54, 1.807) is 6.08 Å². The lowest BCUT2D eigenvalue weighted by molar-refractivity contribution is -0.146. The SMILES string of the molecule is C=CCN(CC(=O)O)C(=O)C1CCCC1CN. The van der Waals surface area contributed by atoms with Gasteiger partial charge in [-0.05, 0) is 25.3 Å². The Labute approximate surface area is 101 Å². The lowest BCUT2D eigenvalue weighted by Crippen LogP contribution is -2.41. The van der Waals surface area contributed by atoms with Gasteiger partial charge in [0.05, 0.1) is 0 Å². The van der Waals surface area contributed by atoms with Crippen molar-refractivity contribution in [3.63, 3.8) is 0 Å². The third-order valence-corrected chi connectivity index (χ3v) is 3.27. The fourth-order valence-corrected chi connectivity index (χ4v) is 2.43. The fourth-order valence-electron chi connectivity index (χ4n) is 2.43. The molecule has 0 spiro atoms. The van der Waals surface area contributed by atoms with Crippen molar-refractivity contribution in [3.8, 4) is 0 Å². The molecule has 0 aromatic rings. The minimum Gasteiger partial charge on any atom is -0.480 e. The van der Waals surface area contributed by atoms with E-state index in [1.165, 1.54) is 4.90 Å². The van der Waals surface area contributed by atoms with E-state index in [0.29, 0.717) is 6.54 Å². The first kappa shape index (κ1) is 13.7. The molecule has 0 bridgehead atoms. The predicted octanol–water partition coefficient (Wildman–Crippen LogP) is 0.461. The number of amides is 1. The summed E-state index contributed by atoms with van der Waals surface area (Å²) < 4.78 is 0. The summed E-state index contributed by atoms with van der Waals surface area (Å²) in [4.78, 5) is 24.2. The van der Waals surface area contributed by atoms with Crippen LogP contribution < -0.4 is 5.73 Å². The molecule has 1 aliphatic rings. The van der Waals surface area contributed by atoms with Crippen molar-refractivity contribution in [2.45, 2.75) is 19.3 Å². The molecule has 0 radical (unpaired) electrons. The van der Waals surface area contributed by atoms with Gasteiger partial charge in [0.2, 0.25) is 5.91 Å². The lowest BCUT2D eigenvalue weighted by Gasteiger charge is -2.25. The number of aliphatic carboxylic acids is 1. The van der Waals surface area contributed by atoms with E-state index in [0.717, 1.165) is 19.3 Å². The average molecular weight is 240 g/mol. The lowest BCUT2D eigenvalue weighted by atomic mass is 9.94. The summed E-state index contributed by atoms with van der Waals surface area (Å²) >= 11 is 0. The number of rotatable bonds is 6. The fraction of sp³-hybridized carbons (Fsp3) is 0.667. The van der Waals surface area contributed by atoms with Crippen LogP contribution in [0, 0.1) is 11.8 Å². The van der Waals surface area contributed by atoms with Crippen LogP contribution in [-0.2, 0) is 9.59 Å². The van der Waals surface area contributed by atoms with Crippen LogP contribution in [0.25, 0.3) is 0 Å². The largest absolute Gasteiger partial charge is 0.480 e. The van der Waals surface area contributed by atoms with Crippen LogP contribution in [0.2, 0.25) is 0 Å². The zero-order chi connectivity index (χ0) is 12.8. The van der Waals surface area contributed by atoms with Gasteiger partial charge in [-0.3, -0.25) is 9.59 Å². The predicted molar refractivity (Wildman–Crippen MR) is 64.3 cm³/mol. The molecule has 5 heteroatoms. The first-order valence-corrected chi connectivity index (χ1v) is 5.91. The third kappa shape index (κ3) is 3.56. The van der Waals surface area contributed by atoms with Gasteiger partial charge in [0, 0.05) is 12.5 Å². The number of carbonyl (C=O) groups excluding carboxylic acids is 1. The topological polar surface area (TPSA) is 83.6 Å². The summed E-state index contributed by atoms with van der Waals surface area (Å²) in [5.74, 6) is -1.01. The Morgan fingerprint density at radius 3 is 2.71 bits per heavy atom. The van der Waals surface area contributed by atoms with Crippen LogP contribution in [0.1, 0.15) is 19.3 Å². The third-order valence-electron chi connectivity index (χ3n) is 3.27. The maximum atomic E-state index is 12.2. The van der Waals surface area contributed by atoms with Gasteiger partial charge in [0.1, 0.15) is 6.54 Å². The Hall–Kier alpha value is -1.36. The summed E-state index contributed by atoms with van der Waals surface area (Å²) in [7, 11) is 0. The molecule has 0 aliphatic heterocycles. The van der Waals surface area contributed by atoms with Gasteiger partial charge < -0.3 is 15.7 Å². The molecule has 1 fully saturated rings. The number of nitrogens with zero attached hydrogens (tertiary/aromatic N) is 1. The van der Waals surface area contributed by atoms with Crippen molar-refractivity contribution in [2.75, 3.05) is 19.6 Å². The number of carbonyl (C=O) groups is 2. The molecular formula is C12H20N2O3. The Balaban J connectivity index is 2.69. The van der Waals surface area contributed by atoms with Gasteiger partial charge in [-0.15, -0.1) is 6.58 Å². The number of carboxylic acids is 1. The quantitative estimate of drug-likeness (QED) is 0.661. The van der Waals surface area contributed by atoms with Gasteiger partial charge in [-0.1, -0.05) is 12.5 Å². The molecule has 0 aromatic carbocycles. The van der Waals surface area contributed by atoms with E-state index in [9.17, 15) is 9.59 Å². The number of carboxylic acid groups (broad SMARTS) is 1. The van der Waals surface area contributed by atoms with Gasteiger partial charge in [0.15, 0.2) is 0 Å². The second-order valence-electron chi connectivity index (χ2n) is 4.43. The highest BCUT2D eigenvalue weighted by molar-refractivity contribution is 5.83. The Morgan fingerprint density at radius 1 is 1.47 bits per heavy atom. The van der Waals surface area contributed by atoms with E-state index in [-0.39, 0.29) is 30.8 Å². The average Bonchev–Trinajstić information content (AvgIpc) is 2.74. The van der Waals surface area contributed by atoms with Gasteiger partial charge in [-0.2, -0.15) is 0 Å². The van der Waals surface area contributed by atoms with Crippen LogP contribution >= 0.6 is 0 Å². The summed E-state index contributed by atoms with van der Waals surface area (Å²) in [6.07, 6.45) is 4.32. The van der Waals surface area contributed by atoms with E-state index in [4.69, 9.17) is 10.8 Å². The van der Waals surface area contributed by atoms with Crippen molar-refractivity contribution >= 4 is 11.9 Å². The number of nitrogens with two attached hydrogens (primary N) is 1. The molecule has 0 heterocycles. The molecule has 5 nitrogen and oxygen atoms in total. The van der Waals surface area contributed by atoms with Crippen LogP contribution in [0.5, 0.6) is 0 Å². The Morgan fingerprint density at radius 2 is 2.18 bits per heavy atom. The van der Waals surface area contributed by atoms with E-state index < -0.39 is 5.97 Å². The summed E-state index contributed by atoms with van der Waals surface area (Å²) in [5, 5.41) is 8.77. The molecule has 1 saturated carbocycles. The first-order valence-electron chi connectivity index (χ1n) is 5.91. The van der Waals surface area contributed by atoms with E-state index in [1.807, 2.05) is 0 Å². The Bertz CT molecular complexity index is 304. The molecular weight excluding hydrogens is 220 g/mol. The van der Waals surface area contributed by atoms with Crippen LogP contribution in [0.3, 0.4) is 0 Å². The minimum atomic E-state index is -0.998. The molecule has 96 valence electrons. The van der Waals surface area contributed by atoms with Crippen molar-refractivity contribution in [1.29, 1.82) is 0 Å². The van der Waals surface area contributed by atoms with E-state index >= 15 is 0 Å². The number of hydrogen-bond donors (Lipinski definition) is 2. The highest BCUT2D eigenvalue weighted by atomic mass is 16.4. The van der Waals surface area contributed by atoms with Crippen LogP contribution in [-0.4, -0.2) is 41.5 Å². The van der Waals surface area contributed by atoms with E-state index in [2.05, 4.69) is 6.58 Å². The van der Waals surface area contributed by atoms with Gasteiger partial charge >= 0.3 is 5.97 Å². The summed E-state index contributed by atoms with van der Waals surface area (Å²) in [5.41, 5.74) is 5.63. The summed E-state index contributed by atoms with van der Waals surface area (Å²) in [6.45, 7) is 4.05. The smallest absolute Gasteiger partial charge is 0.323 e. The van der Waals surface area contributed by atoms with Crippen molar-refractivity contribution in [2.24, 2.45) is 17.6 Å². The first-order chi connectivity index (χ1) is 8.10. The summed E-state index contributed by atoms with van der Waals surface area (Å²) in [6, 6.07) is 0. The van der Waals surface area contributed by atoms with Crippen LogP contribution in [0.15, 0.2) is 12.7 Å². The second kappa shape index (κ2) is 6.39. The van der Waals surface area contributed by atoms with Crippen molar-refractivity contribution < 1.29 is 14.7 Å². The second-order valence-corrected chi connectivity index (χ2v) is 4.43. The maximum absolute atomic E-state index is 12.2. The standard InChI is InChI=1S/C12H20N2O3/c1-2-6-14(8-11(15)16)12(17)10-5-3-4-9(10)7-13/h2,9-10H,1,3-8,13H2,(H,15,16). The molecule has 1 aliphatic carbocycles. The molecule has 2 atom stereocenters. The van der Waals surface area contributed by atoms with Gasteiger partial charge in [0.25, 0.3) is 0 Å². The van der Waals surface area contributed by atoms with Crippen molar-refractivity contribution in [3.05, 3.63) is 12.7 Å². The molecule has 0 saturated heterocycles. The molecule has 1 rings (SSSR count). The molecule has 0 aromatic heterocycles. The highest BCUT2D eigenvalue weighted by Crippen LogP contribution is 2.32. The zero-order valence-corrected chi connectivity index (χ0v) is 9.97. The zero-order valence-electron chi connectivity index (χ0n) is 9.97. The Kier molecular flexibility index (Phi) is 5.15. The highest BCUT2D eigenvalue weighted by Gasteiger charge is 2.34. The van der Waals surface area contributed by atoms with Crippen molar-refractivity contribution in [1.82, 2.24) is 4.90 Å². The molecule has 3 N–H and O–H groups in total. The monoisotopic (exact) mass is 240 g/mol. The number of hydrogen-bond acceptors (Lipinski definition) is 3. The maximum Gasteiger partial charge on any atom is 0.323 e. The van der Waals surface area contributed by atoms with Gasteiger partial charge in [-0.25, -0.2) is 0 Å². The molecule has 1 amide bonds. The van der Waals surface area contributed by atoms with Crippen LogP contribution in [0.4, 0.5) is 0 Å². The normalized spacial score (nSPS) is 23.4. The molecule has 2 unspecified atom stereocenters.